The lowest BCUT2D eigenvalue weighted by atomic mass is 10.4. The second kappa shape index (κ2) is 7.67. The van der Waals surface area contributed by atoms with Crippen molar-refractivity contribution in [3.63, 3.8) is 0 Å². The molecule has 0 aromatic heterocycles. The molecule has 17 heavy (non-hydrogen) atoms. The average molecular weight is 249 g/mol. The Bertz CT molecular complexity index is 289. The van der Waals surface area contributed by atoms with Crippen molar-refractivity contribution < 1.29 is 0 Å². The first-order valence-corrected chi connectivity index (χ1v) is 9.45. The van der Waals surface area contributed by atoms with Crippen LogP contribution >= 0.6 is 0 Å². The number of unbranched alkanes of at least 4 members (excludes halogenated alkanes) is 2. The highest BCUT2D eigenvalue weighted by molar-refractivity contribution is 6.89. The van der Waals surface area contributed by atoms with E-state index in [1.807, 2.05) is 0 Å². The third-order valence-electron chi connectivity index (χ3n) is 3.72. The fraction of sp³-hybridized carbons (Fsp3) is 0.600. The van der Waals surface area contributed by atoms with Crippen LogP contribution < -0.4 is 10.2 Å². The minimum absolute atomic E-state index is 1.30. The van der Waals surface area contributed by atoms with Crippen LogP contribution in [0.4, 0.5) is 0 Å². The van der Waals surface area contributed by atoms with Gasteiger partial charge >= 0.3 is 0 Å². The number of hydrogen-bond donors (Lipinski definition) is 1. The summed E-state index contributed by atoms with van der Waals surface area (Å²) in [5.41, 5.74) is 0. The van der Waals surface area contributed by atoms with Crippen LogP contribution in [0, 0.1) is 0 Å². The van der Waals surface area contributed by atoms with Crippen LogP contribution in [-0.2, 0) is 0 Å². The summed E-state index contributed by atoms with van der Waals surface area (Å²) in [6.07, 6.45) is 5.31. The van der Waals surface area contributed by atoms with Gasteiger partial charge in [-0.15, -0.1) is 0 Å². The maximum Gasteiger partial charge on any atom is 0.157 e. The van der Waals surface area contributed by atoms with Crippen molar-refractivity contribution in [1.82, 2.24) is 4.98 Å². The number of rotatable bonds is 8. The molecule has 0 aliphatic carbocycles. The minimum Gasteiger partial charge on any atom is -0.336 e. The lowest BCUT2D eigenvalue weighted by molar-refractivity contribution is 0.815. The molecule has 0 bridgehead atoms. The Morgan fingerprint density at radius 1 is 0.941 bits per heavy atom. The van der Waals surface area contributed by atoms with Crippen LogP contribution in [0.25, 0.3) is 0 Å². The van der Waals surface area contributed by atoms with Crippen LogP contribution in [0.1, 0.15) is 39.5 Å². The summed E-state index contributed by atoms with van der Waals surface area (Å²) in [4.78, 5) is 3.74. The largest absolute Gasteiger partial charge is 0.336 e. The zero-order valence-corrected chi connectivity index (χ0v) is 12.6. The summed E-state index contributed by atoms with van der Waals surface area (Å²) in [5.74, 6) is 0. The van der Waals surface area contributed by atoms with E-state index in [0.717, 1.165) is 0 Å². The zero-order chi connectivity index (χ0) is 12.6. The predicted octanol–water partition coefficient (Wildman–Crippen LogP) is 3.66. The molecule has 0 atom stereocenters. The van der Waals surface area contributed by atoms with Crippen LogP contribution in [0.5, 0.6) is 0 Å². The van der Waals surface area contributed by atoms with Gasteiger partial charge in [0.25, 0.3) is 0 Å². The fourth-order valence-corrected chi connectivity index (χ4v) is 6.88. The van der Waals surface area contributed by atoms with Gasteiger partial charge in [0.1, 0.15) is 0 Å². The number of hydrogen-bond acceptors (Lipinski definition) is 1. The Labute approximate surface area is 108 Å². The van der Waals surface area contributed by atoms with E-state index in [0.29, 0.717) is 0 Å². The van der Waals surface area contributed by atoms with E-state index in [1.54, 1.807) is 5.19 Å². The minimum atomic E-state index is -1.44. The van der Waals surface area contributed by atoms with Gasteiger partial charge in [0, 0.05) is 0 Å². The Balaban J connectivity index is 2.89. The maximum absolute atomic E-state index is 3.74. The van der Waals surface area contributed by atoms with Gasteiger partial charge in [-0.1, -0.05) is 69.9 Å². The second-order valence-corrected chi connectivity index (χ2v) is 9.15. The van der Waals surface area contributed by atoms with Crippen LogP contribution in [-0.4, -0.2) is 15.3 Å². The molecular weight excluding hydrogens is 222 g/mol. The van der Waals surface area contributed by atoms with Gasteiger partial charge < -0.3 is 4.98 Å². The first-order chi connectivity index (χ1) is 8.29. The van der Waals surface area contributed by atoms with Crippen molar-refractivity contribution in [2.75, 3.05) is 7.05 Å². The van der Waals surface area contributed by atoms with E-state index < -0.39 is 8.24 Å². The second-order valence-electron chi connectivity index (χ2n) is 4.91. The topological polar surface area (TPSA) is 12.0 Å². The van der Waals surface area contributed by atoms with Crippen molar-refractivity contribution in [1.29, 1.82) is 0 Å². The lowest BCUT2D eigenvalue weighted by Crippen LogP contribution is -2.58. The molecule has 0 heterocycles. The highest BCUT2D eigenvalue weighted by atomic mass is 28.3. The Kier molecular flexibility index (Phi) is 6.52. The maximum atomic E-state index is 3.74. The number of benzene rings is 1. The van der Waals surface area contributed by atoms with E-state index in [1.165, 1.54) is 37.8 Å². The lowest BCUT2D eigenvalue weighted by Gasteiger charge is -2.32. The Hall–Kier alpha value is -0.603. The summed E-state index contributed by atoms with van der Waals surface area (Å²) in [6, 6.07) is 13.9. The van der Waals surface area contributed by atoms with Gasteiger partial charge in [-0.05, 0) is 24.3 Å². The van der Waals surface area contributed by atoms with E-state index in [2.05, 4.69) is 56.2 Å². The van der Waals surface area contributed by atoms with Crippen molar-refractivity contribution in [2.45, 2.75) is 51.6 Å². The SMILES string of the molecule is CCCC[Si](CCCC)(NC)c1ccccc1. The molecule has 0 unspecified atom stereocenters. The van der Waals surface area contributed by atoms with Crippen molar-refractivity contribution >= 4 is 13.4 Å². The molecule has 0 amide bonds. The summed E-state index contributed by atoms with van der Waals surface area (Å²) in [7, 11) is 0.734. The monoisotopic (exact) mass is 249 g/mol. The average Bonchev–Trinajstić information content (AvgIpc) is 2.41. The molecule has 0 radical (unpaired) electrons. The number of nitrogens with one attached hydrogen (secondary N) is 1. The molecule has 2 heteroatoms. The Morgan fingerprint density at radius 3 is 1.88 bits per heavy atom. The summed E-state index contributed by atoms with van der Waals surface area (Å²) in [6.45, 7) is 4.58. The third-order valence-corrected chi connectivity index (χ3v) is 8.53. The van der Waals surface area contributed by atoms with Gasteiger partial charge in [-0.2, -0.15) is 0 Å². The smallest absolute Gasteiger partial charge is 0.157 e. The van der Waals surface area contributed by atoms with Crippen molar-refractivity contribution in [3.8, 4) is 0 Å². The molecular formula is C15H27NSi. The van der Waals surface area contributed by atoms with E-state index in [4.69, 9.17) is 0 Å². The summed E-state index contributed by atoms with van der Waals surface area (Å²) >= 11 is 0. The molecule has 96 valence electrons. The molecule has 0 aliphatic heterocycles. The third kappa shape index (κ3) is 3.97. The van der Waals surface area contributed by atoms with Gasteiger partial charge in [-0.25, -0.2) is 0 Å². The molecule has 0 saturated heterocycles. The predicted molar refractivity (Wildman–Crippen MR) is 80.3 cm³/mol. The van der Waals surface area contributed by atoms with Gasteiger partial charge in [0.05, 0.1) is 0 Å². The first kappa shape index (κ1) is 14.5. The van der Waals surface area contributed by atoms with E-state index in [-0.39, 0.29) is 0 Å². The fourth-order valence-electron chi connectivity index (χ4n) is 2.52. The zero-order valence-electron chi connectivity index (χ0n) is 11.6. The quantitative estimate of drug-likeness (QED) is 0.693. The van der Waals surface area contributed by atoms with Crippen LogP contribution in [0.2, 0.25) is 12.1 Å². The van der Waals surface area contributed by atoms with Gasteiger partial charge in [-0.3, -0.25) is 0 Å². The van der Waals surface area contributed by atoms with Crippen LogP contribution in [0.3, 0.4) is 0 Å². The standard InChI is InChI=1S/C15H27NSi/c1-4-6-13-17(16-3,14-7-5-2)15-11-9-8-10-12-15/h8-12,16H,4-7,13-14H2,1-3H3. The highest BCUT2D eigenvalue weighted by Gasteiger charge is 2.32. The highest BCUT2D eigenvalue weighted by Crippen LogP contribution is 2.19. The summed E-state index contributed by atoms with van der Waals surface area (Å²) < 4.78 is 0. The van der Waals surface area contributed by atoms with Gasteiger partial charge in [0.15, 0.2) is 8.24 Å². The van der Waals surface area contributed by atoms with Crippen molar-refractivity contribution in [3.05, 3.63) is 30.3 Å². The molecule has 0 aliphatic rings. The van der Waals surface area contributed by atoms with E-state index in [9.17, 15) is 0 Å². The molecule has 0 fully saturated rings. The van der Waals surface area contributed by atoms with Crippen molar-refractivity contribution in [2.24, 2.45) is 0 Å². The summed E-state index contributed by atoms with van der Waals surface area (Å²) in [5, 5.41) is 1.59. The van der Waals surface area contributed by atoms with E-state index >= 15 is 0 Å². The Morgan fingerprint density at radius 2 is 1.47 bits per heavy atom. The molecule has 1 N–H and O–H groups in total. The molecule has 1 aromatic carbocycles. The molecule has 1 rings (SSSR count). The molecule has 1 aromatic rings. The molecule has 1 nitrogen and oxygen atoms in total. The normalized spacial score (nSPS) is 11.7. The van der Waals surface area contributed by atoms with Gasteiger partial charge in [0.2, 0.25) is 0 Å². The van der Waals surface area contributed by atoms with Crippen LogP contribution in [0.15, 0.2) is 30.3 Å². The molecule has 0 spiro atoms. The molecule has 0 saturated carbocycles. The first-order valence-electron chi connectivity index (χ1n) is 7.03.